The Hall–Kier alpha value is -0.0800. The number of aliphatic hydroxyl groups excluding tert-OH is 2. The Labute approximate surface area is 49.1 Å². The first-order chi connectivity index (χ1) is 3.69. The van der Waals surface area contributed by atoms with Crippen LogP contribution in [0.1, 0.15) is 19.8 Å². The highest BCUT2D eigenvalue weighted by atomic mass is 16.3. The summed E-state index contributed by atoms with van der Waals surface area (Å²) < 4.78 is 0. The van der Waals surface area contributed by atoms with Crippen molar-refractivity contribution in [3.05, 3.63) is 0 Å². The first-order valence-electron chi connectivity index (χ1n) is 2.98. The third-order valence-electron chi connectivity index (χ3n) is 2.02. The lowest BCUT2D eigenvalue weighted by atomic mass is 10.0. The van der Waals surface area contributed by atoms with Gasteiger partial charge in [-0.05, 0) is 18.3 Å². The van der Waals surface area contributed by atoms with Crippen LogP contribution < -0.4 is 0 Å². The Morgan fingerprint density at radius 3 is 2.25 bits per heavy atom. The molecule has 1 aliphatic rings. The number of aliphatic hydroxyl groups is 2. The van der Waals surface area contributed by atoms with Gasteiger partial charge in [-0.15, -0.1) is 0 Å². The average Bonchev–Trinajstić information content (AvgIpc) is 2.47. The Kier molecular flexibility index (Phi) is 1.29. The molecule has 2 N–H and O–H groups in total. The molecule has 0 saturated heterocycles. The Morgan fingerprint density at radius 2 is 2.12 bits per heavy atom. The molecule has 1 saturated carbocycles. The molecule has 0 aromatic carbocycles. The summed E-state index contributed by atoms with van der Waals surface area (Å²) in [6.45, 7) is 1.91. The van der Waals surface area contributed by atoms with Gasteiger partial charge in [0.05, 0.1) is 12.7 Å². The van der Waals surface area contributed by atoms with E-state index in [1.165, 1.54) is 0 Å². The zero-order chi connectivity index (χ0) is 6.20. The van der Waals surface area contributed by atoms with Crippen LogP contribution in [-0.4, -0.2) is 22.9 Å². The van der Waals surface area contributed by atoms with E-state index in [1.807, 2.05) is 6.92 Å². The van der Waals surface area contributed by atoms with Gasteiger partial charge in [0.1, 0.15) is 0 Å². The second kappa shape index (κ2) is 1.71. The molecule has 1 aliphatic carbocycles. The predicted molar refractivity (Wildman–Crippen MR) is 30.4 cm³/mol. The van der Waals surface area contributed by atoms with Gasteiger partial charge in [-0.3, -0.25) is 0 Å². The van der Waals surface area contributed by atoms with Crippen LogP contribution in [0.5, 0.6) is 0 Å². The van der Waals surface area contributed by atoms with Gasteiger partial charge in [0.15, 0.2) is 0 Å². The Balaban J connectivity index is 2.34. The molecule has 0 spiro atoms. The lowest BCUT2D eigenvalue weighted by molar-refractivity contribution is 0.0428. The molecule has 0 bridgehead atoms. The molecule has 8 heavy (non-hydrogen) atoms. The summed E-state index contributed by atoms with van der Waals surface area (Å²) in [5.41, 5.74) is 0.0642. The predicted octanol–water partition coefficient (Wildman–Crippen LogP) is 0.140. The molecule has 1 unspecified atom stereocenters. The zero-order valence-corrected chi connectivity index (χ0v) is 5.09. The summed E-state index contributed by atoms with van der Waals surface area (Å²) in [7, 11) is 0. The van der Waals surface area contributed by atoms with Gasteiger partial charge in [0, 0.05) is 0 Å². The molecular formula is C6H12O2. The van der Waals surface area contributed by atoms with Crippen molar-refractivity contribution < 1.29 is 10.2 Å². The molecule has 48 valence electrons. The highest BCUT2D eigenvalue weighted by Gasteiger charge is 2.43. The second-order valence-corrected chi connectivity index (χ2v) is 2.85. The molecule has 0 aliphatic heterocycles. The molecule has 1 atom stereocenters. The molecule has 2 nitrogen and oxygen atoms in total. The summed E-state index contributed by atoms with van der Waals surface area (Å²) in [6, 6.07) is 0. The van der Waals surface area contributed by atoms with Crippen molar-refractivity contribution in [2.75, 3.05) is 6.61 Å². The lowest BCUT2D eigenvalue weighted by Gasteiger charge is -2.12. The summed E-state index contributed by atoms with van der Waals surface area (Å²) in [5.74, 6) is 0. The van der Waals surface area contributed by atoms with Crippen LogP contribution in [0.25, 0.3) is 0 Å². The molecular weight excluding hydrogens is 104 g/mol. The van der Waals surface area contributed by atoms with E-state index in [9.17, 15) is 0 Å². The molecule has 0 aromatic heterocycles. The molecule has 0 amide bonds. The van der Waals surface area contributed by atoms with Gasteiger partial charge < -0.3 is 10.2 Å². The third kappa shape index (κ3) is 0.858. The molecule has 0 radical (unpaired) electrons. The van der Waals surface area contributed by atoms with Crippen molar-refractivity contribution in [2.45, 2.75) is 25.9 Å². The van der Waals surface area contributed by atoms with E-state index in [0.717, 1.165) is 12.8 Å². The Morgan fingerprint density at radius 1 is 1.62 bits per heavy atom. The maximum atomic E-state index is 9.01. The molecule has 1 rings (SSSR count). The standard InChI is InChI=1S/C6H12O2/c1-6(2-3-6)5(8)4-7/h5,7-8H,2-4H2,1H3. The number of rotatable bonds is 2. The minimum absolute atomic E-state index is 0.0642. The topological polar surface area (TPSA) is 40.5 Å². The van der Waals surface area contributed by atoms with Crippen LogP contribution in [-0.2, 0) is 0 Å². The van der Waals surface area contributed by atoms with Crippen molar-refractivity contribution in [3.8, 4) is 0 Å². The van der Waals surface area contributed by atoms with E-state index in [2.05, 4.69) is 0 Å². The van der Waals surface area contributed by atoms with Crippen molar-refractivity contribution in [3.63, 3.8) is 0 Å². The fourth-order valence-electron chi connectivity index (χ4n) is 0.751. The quantitative estimate of drug-likeness (QED) is 0.538. The van der Waals surface area contributed by atoms with Crippen molar-refractivity contribution in [1.29, 1.82) is 0 Å². The zero-order valence-electron chi connectivity index (χ0n) is 5.09. The van der Waals surface area contributed by atoms with Gasteiger partial charge in [0.2, 0.25) is 0 Å². The molecule has 0 heterocycles. The van der Waals surface area contributed by atoms with Gasteiger partial charge in [0.25, 0.3) is 0 Å². The van der Waals surface area contributed by atoms with Gasteiger partial charge >= 0.3 is 0 Å². The van der Waals surface area contributed by atoms with Crippen molar-refractivity contribution in [1.82, 2.24) is 0 Å². The minimum Gasteiger partial charge on any atom is -0.394 e. The highest BCUT2D eigenvalue weighted by molar-refractivity contribution is 4.94. The number of hydrogen-bond donors (Lipinski definition) is 2. The average molecular weight is 116 g/mol. The minimum atomic E-state index is -0.484. The first kappa shape index (κ1) is 6.05. The number of hydrogen-bond acceptors (Lipinski definition) is 2. The summed E-state index contributed by atoms with van der Waals surface area (Å²) >= 11 is 0. The second-order valence-electron chi connectivity index (χ2n) is 2.85. The van der Waals surface area contributed by atoms with Gasteiger partial charge in [-0.1, -0.05) is 6.92 Å². The molecule has 1 fully saturated rings. The summed E-state index contributed by atoms with van der Waals surface area (Å²) in [4.78, 5) is 0. The SMILES string of the molecule is CC1(C(O)CO)CC1. The van der Waals surface area contributed by atoms with Crippen LogP contribution in [0.3, 0.4) is 0 Å². The highest BCUT2D eigenvalue weighted by Crippen LogP contribution is 2.47. The summed E-state index contributed by atoms with van der Waals surface area (Å²) in [6.07, 6.45) is 1.64. The van der Waals surface area contributed by atoms with Crippen LogP contribution in [0, 0.1) is 5.41 Å². The van der Waals surface area contributed by atoms with Gasteiger partial charge in [-0.2, -0.15) is 0 Å². The van der Waals surface area contributed by atoms with Gasteiger partial charge in [-0.25, -0.2) is 0 Å². The first-order valence-corrected chi connectivity index (χ1v) is 2.98. The van der Waals surface area contributed by atoms with Crippen LogP contribution >= 0.6 is 0 Å². The molecule has 2 heteroatoms. The van der Waals surface area contributed by atoms with Crippen LogP contribution in [0.4, 0.5) is 0 Å². The van der Waals surface area contributed by atoms with E-state index in [0.29, 0.717) is 0 Å². The molecule has 0 aromatic rings. The largest absolute Gasteiger partial charge is 0.394 e. The Bertz CT molecular complexity index is 86.5. The lowest BCUT2D eigenvalue weighted by Crippen LogP contribution is -2.22. The van der Waals surface area contributed by atoms with E-state index < -0.39 is 6.10 Å². The van der Waals surface area contributed by atoms with E-state index >= 15 is 0 Å². The van der Waals surface area contributed by atoms with E-state index in [-0.39, 0.29) is 12.0 Å². The fourth-order valence-corrected chi connectivity index (χ4v) is 0.751. The van der Waals surface area contributed by atoms with Crippen molar-refractivity contribution >= 4 is 0 Å². The van der Waals surface area contributed by atoms with Crippen LogP contribution in [0.15, 0.2) is 0 Å². The third-order valence-corrected chi connectivity index (χ3v) is 2.02. The maximum absolute atomic E-state index is 9.01. The monoisotopic (exact) mass is 116 g/mol. The van der Waals surface area contributed by atoms with E-state index in [1.54, 1.807) is 0 Å². The maximum Gasteiger partial charge on any atom is 0.0824 e. The normalized spacial score (nSPS) is 27.4. The van der Waals surface area contributed by atoms with Crippen molar-refractivity contribution in [2.24, 2.45) is 5.41 Å². The fraction of sp³-hybridized carbons (Fsp3) is 1.00. The van der Waals surface area contributed by atoms with E-state index in [4.69, 9.17) is 10.2 Å². The summed E-state index contributed by atoms with van der Waals surface area (Å²) in [5, 5.41) is 17.5. The van der Waals surface area contributed by atoms with Crippen LogP contribution in [0.2, 0.25) is 0 Å². The smallest absolute Gasteiger partial charge is 0.0824 e.